The van der Waals surface area contributed by atoms with Crippen LogP contribution in [-0.4, -0.2) is 13.7 Å². The third-order valence-electron chi connectivity index (χ3n) is 3.76. The van der Waals surface area contributed by atoms with Gasteiger partial charge in [0.15, 0.2) is 0 Å². The molecule has 0 N–H and O–H groups in total. The van der Waals surface area contributed by atoms with Crippen molar-refractivity contribution in [2.45, 2.75) is 85.0 Å². The molecule has 0 bridgehead atoms. The fraction of sp³-hybridized carbons (Fsp3) is 1.00. The Morgan fingerprint density at radius 2 is 1.24 bits per heavy atom. The van der Waals surface area contributed by atoms with Crippen LogP contribution in [0.25, 0.3) is 0 Å². The lowest BCUT2D eigenvalue weighted by Crippen LogP contribution is -2.22. The molecule has 0 unspecified atom stereocenters. The molecule has 0 saturated carbocycles. The third kappa shape index (κ3) is 9.64. The zero-order valence-electron chi connectivity index (χ0n) is 12.7. The van der Waals surface area contributed by atoms with Crippen LogP contribution in [0.15, 0.2) is 0 Å². The summed E-state index contributed by atoms with van der Waals surface area (Å²) in [5, 5.41) is 0. The molecular weight excluding hydrogens is 208 g/mol. The topological polar surface area (TPSA) is 9.23 Å². The fourth-order valence-electron chi connectivity index (χ4n) is 2.57. The van der Waals surface area contributed by atoms with Gasteiger partial charge in [0, 0.05) is 7.11 Å². The summed E-state index contributed by atoms with van der Waals surface area (Å²) in [5.41, 5.74) is 0.427. The Labute approximate surface area is 109 Å². The van der Waals surface area contributed by atoms with Gasteiger partial charge < -0.3 is 4.74 Å². The molecule has 0 spiro atoms. The maximum Gasteiger partial charge on any atom is 0.0515 e. The van der Waals surface area contributed by atoms with Gasteiger partial charge >= 0.3 is 0 Å². The summed E-state index contributed by atoms with van der Waals surface area (Å²) in [6.45, 7) is 7.90. The average molecular weight is 242 g/mol. The highest BCUT2D eigenvalue weighted by Crippen LogP contribution is 2.31. The lowest BCUT2D eigenvalue weighted by Gasteiger charge is -2.29. The van der Waals surface area contributed by atoms with Gasteiger partial charge in [-0.25, -0.2) is 0 Å². The summed E-state index contributed by atoms with van der Waals surface area (Å²) in [7, 11) is 1.84. The van der Waals surface area contributed by atoms with Gasteiger partial charge in [0.05, 0.1) is 6.61 Å². The molecule has 0 radical (unpaired) electrons. The van der Waals surface area contributed by atoms with Crippen LogP contribution in [0.4, 0.5) is 0 Å². The molecule has 1 nitrogen and oxygen atoms in total. The summed E-state index contributed by atoms with van der Waals surface area (Å²) in [5.74, 6) is 0. The summed E-state index contributed by atoms with van der Waals surface area (Å²) < 4.78 is 5.42. The molecule has 0 aliphatic carbocycles. The first-order valence-electron chi connectivity index (χ1n) is 7.67. The molecule has 0 fully saturated rings. The van der Waals surface area contributed by atoms with Crippen molar-refractivity contribution in [3.8, 4) is 0 Å². The van der Waals surface area contributed by atoms with Crippen molar-refractivity contribution >= 4 is 0 Å². The number of rotatable bonds is 12. The average Bonchev–Trinajstić information content (AvgIpc) is 2.31. The van der Waals surface area contributed by atoms with Crippen LogP contribution < -0.4 is 0 Å². The Balaban J connectivity index is 3.80. The Hall–Kier alpha value is -0.0400. The highest BCUT2D eigenvalue weighted by Gasteiger charge is 2.22. The minimum atomic E-state index is 0.427. The summed E-state index contributed by atoms with van der Waals surface area (Å²) in [4.78, 5) is 0. The molecule has 0 aromatic heterocycles. The second-order valence-electron chi connectivity index (χ2n) is 5.86. The quantitative estimate of drug-likeness (QED) is 0.406. The van der Waals surface area contributed by atoms with Crippen molar-refractivity contribution in [3.63, 3.8) is 0 Å². The maximum absolute atomic E-state index is 5.42. The van der Waals surface area contributed by atoms with Crippen molar-refractivity contribution in [2.24, 2.45) is 5.41 Å². The Morgan fingerprint density at radius 1 is 0.765 bits per heavy atom. The van der Waals surface area contributed by atoms with Gasteiger partial charge in [-0.15, -0.1) is 0 Å². The molecule has 0 amide bonds. The van der Waals surface area contributed by atoms with E-state index in [-0.39, 0.29) is 0 Å². The zero-order valence-corrected chi connectivity index (χ0v) is 12.7. The van der Waals surface area contributed by atoms with Crippen molar-refractivity contribution < 1.29 is 4.74 Å². The van der Waals surface area contributed by atoms with E-state index in [4.69, 9.17) is 4.74 Å². The molecule has 0 aromatic rings. The molecule has 17 heavy (non-hydrogen) atoms. The van der Waals surface area contributed by atoms with E-state index in [1.54, 1.807) is 0 Å². The molecule has 0 saturated heterocycles. The molecule has 0 aliphatic rings. The van der Waals surface area contributed by atoms with Crippen LogP contribution in [-0.2, 0) is 4.74 Å². The van der Waals surface area contributed by atoms with Gasteiger partial charge in [0.25, 0.3) is 0 Å². The molecule has 104 valence electrons. The SMILES string of the molecule is CCCCCCC(C)(CCCCCC)COC. The minimum absolute atomic E-state index is 0.427. The van der Waals surface area contributed by atoms with Crippen molar-refractivity contribution in [1.29, 1.82) is 0 Å². The van der Waals surface area contributed by atoms with Gasteiger partial charge in [-0.05, 0) is 18.3 Å². The number of hydrogen-bond acceptors (Lipinski definition) is 1. The second-order valence-corrected chi connectivity index (χ2v) is 5.86. The van der Waals surface area contributed by atoms with Crippen LogP contribution in [0.1, 0.15) is 85.0 Å². The van der Waals surface area contributed by atoms with Gasteiger partial charge in [0.1, 0.15) is 0 Å². The normalized spacial score (nSPS) is 12.0. The molecule has 1 heteroatoms. The second kappa shape index (κ2) is 11.1. The van der Waals surface area contributed by atoms with Gasteiger partial charge in [0.2, 0.25) is 0 Å². The van der Waals surface area contributed by atoms with Crippen LogP contribution >= 0.6 is 0 Å². The number of methoxy groups -OCH3 is 1. The van der Waals surface area contributed by atoms with E-state index in [9.17, 15) is 0 Å². The highest BCUT2D eigenvalue weighted by atomic mass is 16.5. The van der Waals surface area contributed by atoms with Crippen molar-refractivity contribution in [1.82, 2.24) is 0 Å². The van der Waals surface area contributed by atoms with Crippen LogP contribution in [0.2, 0.25) is 0 Å². The number of hydrogen-bond donors (Lipinski definition) is 0. The maximum atomic E-state index is 5.42. The monoisotopic (exact) mass is 242 g/mol. The van der Waals surface area contributed by atoms with Crippen molar-refractivity contribution in [2.75, 3.05) is 13.7 Å². The predicted octanol–water partition coefficient (Wildman–Crippen LogP) is 5.58. The molecule has 0 aromatic carbocycles. The Kier molecular flexibility index (Phi) is 11.0. The van der Waals surface area contributed by atoms with Crippen molar-refractivity contribution in [3.05, 3.63) is 0 Å². The van der Waals surface area contributed by atoms with E-state index < -0.39 is 0 Å². The van der Waals surface area contributed by atoms with Gasteiger partial charge in [-0.2, -0.15) is 0 Å². The fourth-order valence-corrected chi connectivity index (χ4v) is 2.57. The van der Waals surface area contributed by atoms with Crippen LogP contribution in [0.3, 0.4) is 0 Å². The summed E-state index contributed by atoms with van der Waals surface area (Å²) in [6, 6.07) is 0. The largest absolute Gasteiger partial charge is 0.384 e. The van der Waals surface area contributed by atoms with E-state index in [1.165, 1.54) is 64.2 Å². The Morgan fingerprint density at radius 3 is 1.59 bits per heavy atom. The molecule has 0 atom stereocenters. The number of ether oxygens (including phenoxy) is 1. The van der Waals surface area contributed by atoms with Crippen LogP contribution in [0, 0.1) is 5.41 Å². The standard InChI is InChI=1S/C16H34O/c1-5-7-9-11-13-16(3,15-17-4)14-12-10-8-6-2/h5-15H2,1-4H3. The molecular formula is C16H34O. The molecule has 0 rings (SSSR count). The third-order valence-corrected chi connectivity index (χ3v) is 3.76. The smallest absolute Gasteiger partial charge is 0.0515 e. The van der Waals surface area contributed by atoms with E-state index in [0.717, 1.165) is 6.61 Å². The van der Waals surface area contributed by atoms with Crippen LogP contribution in [0.5, 0.6) is 0 Å². The van der Waals surface area contributed by atoms with E-state index in [2.05, 4.69) is 20.8 Å². The lowest BCUT2D eigenvalue weighted by atomic mass is 9.80. The van der Waals surface area contributed by atoms with E-state index in [0.29, 0.717) is 5.41 Å². The van der Waals surface area contributed by atoms with Gasteiger partial charge in [-0.3, -0.25) is 0 Å². The Bertz CT molecular complexity index is 142. The molecule has 0 heterocycles. The number of unbranched alkanes of at least 4 members (excludes halogenated alkanes) is 6. The highest BCUT2D eigenvalue weighted by molar-refractivity contribution is 4.74. The molecule has 0 aliphatic heterocycles. The van der Waals surface area contributed by atoms with Gasteiger partial charge in [-0.1, -0.05) is 72.1 Å². The first-order valence-corrected chi connectivity index (χ1v) is 7.67. The summed E-state index contributed by atoms with van der Waals surface area (Å²) in [6.07, 6.45) is 13.7. The zero-order chi connectivity index (χ0) is 13.0. The minimum Gasteiger partial charge on any atom is -0.384 e. The first kappa shape index (κ1) is 17.0. The first-order chi connectivity index (χ1) is 8.18. The lowest BCUT2D eigenvalue weighted by molar-refractivity contribution is 0.0743. The summed E-state index contributed by atoms with van der Waals surface area (Å²) >= 11 is 0. The van der Waals surface area contributed by atoms with E-state index in [1.807, 2.05) is 7.11 Å². The van der Waals surface area contributed by atoms with E-state index >= 15 is 0 Å². The predicted molar refractivity (Wildman–Crippen MR) is 77.5 cm³/mol.